The van der Waals surface area contributed by atoms with Gasteiger partial charge in [-0.25, -0.2) is 8.42 Å². The zero-order valence-electron chi connectivity index (χ0n) is 11.8. The average molecular weight is 369 g/mol. The normalized spacial score (nSPS) is 24.2. The van der Waals surface area contributed by atoms with Crippen LogP contribution < -0.4 is 5.73 Å². The highest BCUT2D eigenvalue weighted by atomic mass is 35.5. The molecular weight excluding hydrogens is 351 g/mol. The van der Waals surface area contributed by atoms with E-state index in [-0.39, 0.29) is 27.0 Å². The monoisotopic (exact) mass is 368 g/mol. The number of benzene rings is 1. The molecule has 4 nitrogen and oxygen atoms in total. The third-order valence-electron chi connectivity index (χ3n) is 3.32. The highest BCUT2D eigenvalue weighted by molar-refractivity contribution is 8.00. The Morgan fingerprint density at radius 1 is 1.24 bits per heavy atom. The molecule has 0 spiro atoms. The van der Waals surface area contributed by atoms with E-state index in [1.807, 2.05) is 13.8 Å². The fraction of sp³-hybridized carbons (Fsp3) is 0.538. The standard InChI is InChI=1S/C13H18Cl2N2O2S2/c1-8-6-17(7-9(2)20-8)21(18,19)13-3-10(5-16)11(14)4-12(13)15/h3-4,8-9H,5-7,16H2,1-2H3. The molecular formula is C13H18Cl2N2O2S2. The van der Waals surface area contributed by atoms with Crippen molar-refractivity contribution in [3.63, 3.8) is 0 Å². The lowest BCUT2D eigenvalue weighted by atomic mass is 10.2. The summed E-state index contributed by atoms with van der Waals surface area (Å²) in [6.45, 7) is 5.18. The lowest BCUT2D eigenvalue weighted by Crippen LogP contribution is -2.44. The number of sulfonamides is 1. The molecule has 1 aliphatic rings. The molecule has 8 heteroatoms. The predicted molar refractivity (Wildman–Crippen MR) is 89.6 cm³/mol. The molecule has 0 aliphatic carbocycles. The molecule has 1 aromatic carbocycles. The van der Waals surface area contributed by atoms with E-state index in [2.05, 4.69) is 0 Å². The van der Waals surface area contributed by atoms with Gasteiger partial charge >= 0.3 is 0 Å². The van der Waals surface area contributed by atoms with Gasteiger partial charge < -0.3 is 5.73 Å². The van der Waals surface area contributed by atoms with Crippen molar-refractivity contribution in [1.29, 1.82) is 0 Å². The molecule has 1 aliphatic heterocycles. The Morgan fingerprint density at radius 3 is 2.33 bits per heavy atom. The van der Waals surface area contributed by atoms with Crippen LogP contribution in [0.25, 0.3) is 0 Å². The summed E-state index contributed by atoms with van der Waals surface area (Å²) >= 11 is 13.9. The van der Waals surface area contributed by atoms with Crippen LogP contribution in [0.2, 0.25) is 10.0 Å². The molecule has 1 heterocycles. The Kier molecular flexibility index (Phi) is 5.50. The molecule has 2 atom stereocenters. The molecule has 1 fully saturated rings. The average Bonchev–Trinajstić information content (AvgIpc) is 2.37. The summed E-state index contributed by atoms with van der Waals surface area (Å²) in [5.41, 5.74) is 6.17. The fourth-order valence-corrected chi connectivity index (χ4v) is 6.37. The van der Waals surface area contributed by atoms with Crippen LogP contribution >= 0.6 is 35.0 Å². The summed E-state index contributed by atoms with van der Waals surface area (Å²) in [5, 5.41) is 1.03. The van der Waals surface area contributed by atoms with Gasteiger partial charge in [0.2, 0.25) is 10.0 Å². The van der Waals surface area contributed by atoms with Crippen molar-refractivity contribution < 1.29 is 8.42 Å². The van der Waals surface area contributed by atoms with E-state index >= 15 is 0 Å². The zero-order chi connectivity index (χ0) is 15.8. The topological polar surface area (TPSA) is 63.4 Å². The molecule has 2 rings (SSSR count). The third kappa shape index (κ3) is 3.68. The van der Waals surface area contributed by atoms with Crippen molar-refractivity contribution in [1.82, 2.24) is 4.31 Å². The van der Waals surface area contributed by atoms with Crippen molar-refractivity contribution in [2.24, 2.45) is 5.73 Å². The molecule has 2 N–H and O–H groups in total. The molecule has 0 bridgehead atoms. The van der Waals surface area contributed by atoms with Crippen molar-refractivity contribution in [3.8, 4) is 0 Å². The lowest BCUT2D eigenvalue weighted by molar-refractivity contribution is 0.405. The minimum absolute atomic E-state index is 0.0836. The van der Waals surface area contributed by atoms with Gasteiger partial charge in [-0.1, -0.05) is 37.0 Å². The zero-order valence-corrected chi connectivity index (χ0v) is 15.0. The SMILES string of the molecule is CC1CN(S(=O)(=O)c2cc(CN)c(Cl)cc2Cl)CC(C)S1. The Hall–Kier alpha value is 0.0200. The van der Waals surface area contributed by atoms with Crippen LogP contribution in [0.5, 0.6) is 0 Å². The highest BCUT2D eigenvalue weighted by Crippen LogP contribution is 2.33. The molecule has 0 radical (unpaired) electrons. The first-order chi connectivity index (χ1) is 9.75. The predicted octanol–water partition coefficient (Wildman–Crippen LogP) is 2.97. The number of nitrogens with zero attached hydrogens (tertiary/aromatic N) is 1. The van der Waals surface area contributed by atoms with Gasteiger partial charge in [0, 0.05) is 35.2 Å². The minimum atomic E-state index is -3.63. The number of nitrogens with two attached hydrogens (primary N) is 1. The second kappa shape index (κ2) is 6.64. The molecule has 21 heavy (non-hydrogen) atoms. The van der Waals surface area contributed by atoms with Crippen molar-refractivity contribution >= 4 is 45.0 Å². The highest BCUT2D eigenvalue weighted by Gasteiger charge is 2.33. The van der Waals surface area contributed by atoms with E-state index in [4.69, 9.17) is 28.9 Å². The Morgan fingerprint density at radius 2 is 1.81 bits per heavy atom. The van der Waals surface area contributed by atoms with E-state index in [1.54, 1.807) is 11.8 Å². The van der Waals surface area contributed by atoms with Gasteiger partial charge in [-0.3, -0.25) is 0 Å². The Bertz CT molecular complexity index is 627. The maximum atomic E-state index is 12.8. The summed E-state index contributed by atoms with van der Waals surface area (Å²) in [4.78, 5) is 0.0836. The first kappa shape index (κ1) is 17.4. The summed E-state index contributed by atoms with van der Waals surface area (Å²) < 4.78 is 27.1. The third-order valence-corrected chi connectivity index (χ3v) is 7.20. The van der Waals surface area contributed by atoms with Crippen LogP contribution in [-0.4, -0.2) is 36.3 Å². The van der Waals surface area contributed by atoms with Crippen LogP contribution in [0.1, 0.15) is 19.4 Å². The van der Waals surface area contributed by atoms with Crippen LogP contribution in [0.3, 0.4) is 0 Å². The lowest BCUT2D eigenvalue weighted by Gasteiger charge is -2.33. The number of rotatable bonds is 3. The largest absolute Gasteiger partial charge is 0.326 e. The maximum Gasteiger partial charge on any atom is 0.244 e. The number of thioether (sulfide) groups is 1. The first-order valence-electron chi connectivity index (χ1n) is 6.59. The molecule has 1 saturated heterocycles. The Labute approximate surface area is 140 Å². The van der Waals surface area contributed by atoms with Gasteiger partial charge in [-0.05, 0) is 17.7 Å². The number of hydrogen-bond donors (Lipinski definition) is 1. The molecule has 1 aromatic rings. The summed E-state index contributed by atoms with van der Waals surface area (Å²) in [5.74, 6) is 0. The van der Waals surface area contributed by atoms with Crippen LogP contribution in [0.15, 0.2) is 17.0 Å². The van der Waals surface area contributed by atoms with Gasteiger partial charge in [0.05, 0.1) is 5.02 Å². The second-order valence-electron chi connectivity index (χ2n) is 5.16. The van der Waals surface area contributed by atoms with E-state index in [9.17, 15) is 8.42 Å². The minimum Gasteiger partial charge on any atom is -0.326 e. The van der Waals surface area contributed by atoms with Gasteiger partial charge in [-0.2, -0.15) is 16.1 Å². The molecule has 0 amide bonds. The van der Waals surface area contributed by atoms with E-state index in [1.165, 1.54) is 16.4 Å². The number of hydrogen-bond acceptors (Lipinski definition) is 4. The summed E-state index contributed by atoms with van der Waals surface area (Å²) in [6.07, 6.45) is 0. The maximum absolute atomic E-state index is 12.8. The van der Waals surface area contributed by atoms with Crippen LogP contribution in [0, 0.1) is 0 Å². The molecule has 118 valence electrons. The van der Waals surface area contributed by atoms with Crippen molar-refractivity contribution in [2.75, 3.05) is 13.1 Å². The van der Waals surface area contributed by atoms with Crippen molar-refractivity contribution in [2.45, 2.75) is 35.8 Å². The van der Waals surface area contributed by atoms with Gasteiger partial charge in [-0.15, -0.1) is 0 Å². The molecule has 0 aromatic heterocycles. The fourth-order valence-electron chi connectivity index (χ4n) is 2.39. The van der Waals surface area contributed by atoms with E-state index in [0.717, 1.165) is 0 Å². The number of halogens is 2. The summed E-state index contributed by atoms with van der Waals surface area (Å²) in [6, 6.07) is 2.93. The Balaban J connectivity index is 2.44. The quantitative estimate of drug-likeness (QED) is 0.890. The van der Waals surface area contributed by atoms with Crippen LogP contribution in [0.4, 0.5) is 0 Å². The van der Waals surface area contributed by atoms with E-state index in [0.29, 0.717) is 23.7 Å². The smallest absolute Gasteiger partial charge is 0.244 e. The van der Waals surface area contributed by atoms with E-state index < -0.39 is 10.0 Å². The summed E-state index contributed by atoms with van der Waals surface area (Å²) in [7, 11) is -3.63. The molecule has 0 saturated carbocycles. The van der Waals surface area contributed by atoms with Gasteiger partial charge in [0.25, 0.3) is 0 Å². The molecule has 2 unspecified atom stereocenters. The van der Waals surface area contributed by atoms with Crippen LogP contribution in [-0.2, 0) is 16.6 Å². The first-order valence-corrected chi connectivity index (χ1v) is 9.73. The van der Waals surface area contributed by atoms with Crippen molar-refractivity contribution in [3.05, 3.63) is 27.7 Å². The van der Waals surface area contributed by atoms with Gasteiger partial charge in [0.15, 0.2) is 0 Å². The second-order valence-corrected chi connectivity index (χ2v) is 9.76. The van der Waals surface area contributed by atoms with Gasteiger partial charge in [0.1, 0.15) is 4.90 Å².